The summed E-state index contributed by atoms with van der Waals surface area (Å²) in [6.07, 6.45) is 42.3. The summed E-state index contributed by atoms with van der Waals surface area (Å²) in [5, 5.41) is 22.8. The summed E-state index contributed by atoms with van der Waals surface area (Å²) in [6.45, 7) is 4.26. The van der Waals surface area contributed by atoms with Crippen molar-refractivity contribution in [3.05, 3.63) is 36.5 Å². The van der Waals surface area contributed by atoms with Gasteiger partial charge in [-0.15, -0.1) is 0 Å². The van der Waals surface area contributed by atoms with E-state index in [1.54, 1.807) is 6.08 Å². The van der Waals surface area contributed by atoms with E-state index in [2.05, 4.69) is 37.4 Å². The van der Waals surface area contributed by atoms with E-state index in [0.29, 0.717) is 12.8 Å². The molecule has 2 unspecified atom stereocenters. The first-order valence-corrected chi connectivity index (χ1v) is 17.7. The number of hydrogen-bond donors (Lipinski definition) is 3. The molecule has 4 heteroatoms. The molecule has 3 N–H and O–H groups in total. The Morgan fingerprint density at radius 1 is 0.585 bits per heavy atom. The smallest absolute Gasteiger partial charge is 0.220 e. The molecular formula is C37H69NO3. The first kappa shape index (κ1) is 39.6. The Hall–Kier alpha value is -1.39. The second kappa shape index (κ2) is 33.1. The molecule has 0 heterocycles. The lowest BCUT2D eigenvalue weighted by Gasteiger charge is -2.19. The summed E-state index contributed by atoms with van der Waals surface area (Å²) in [4.78, 5) is 12.2. The first-order chi connectivity index (χ1) is 20.2. The maximum absolute atomic E-state index is 12.2. The summed E-state index contributed by atoms with van der Waals surface area (Å²) in [5.74, 6) is -0.133. The highest BCUT2D eigenvalue weighted by atomic mass is 16.3. The molecule has 41 heavy (non-hydrogen) atoms. The van der Waals surface area contributed by atoms with Gasteiger partial charge in [-0.05, 0) is 38.5 Å². The van der Waals surface area contributed by atoms with E-state index in [9.17, 15) is 15.0 Å². The maximum Gasteiger partial charge on any atom is 0.220 e. The van der Waals surface area contributed by atoms with Gasteiger partial charge in [0.05, 0.1) is 18.8 Å². The number of aliphatic hydroxyl groups excluding tert-OH is 2. The van der Waals surface area contributed by atoms with Crippen LogP contribution in [0.2, 0.25) is 0 Å². The van der Waals surface area contributed by atoms with Gasteiger partial charge in [0.1, 0.15) is 0 Å². The standard InChI is InChI=1S/C37H69NO3/c1-3-5-7-9-11-13-15-17-18-19-21-22-24-26-28-30-32-36(40)35(34-39)38-37(41)33-31-29-27-25-23-20-16-14-12-10-8-6-4-2/h20,23,27,29-30,32,35-36,39-40H,3-19,21-22,24-26,28,31,33-34H2,1-2H3,(H,38,41)/b23-20-,29-27-,32-30+. The van der Waals surface area contributed by atoms with Crippen molar-refractivity contribution in [2.45, 2.75) is 187 Å². The number of nitrogens with one attached hydrogen (secondary N) is 1. The Morgan fingerprint density at radius 3 is 1.46 bits per heavy atom. The highest BCUT2D eigenvalue weighted by Crippen LogP contribution is 2.14. The van der Waals surface area contributed by atoms with Crippen LogP contribution in [0.4, 0.5) is 0 Å². The van der Waals surface area contributed by atoms with E-state index < -0.39 is 12.1 Å². The van der Waals surface area contributed by atoms with Crippen LogP contribution in [-0.4, -0.2) is 34.9 Å². The van der Waals surface area contributed by atoms with Crippen LogP contribution in [0, 0.1) is 0 Å². The molecule has 0 bridgehead atoms. The zero-order chi connectivity index (χ0) is 30.1. The van der Waals surface area contributed by atoms with E-state index in [1.807, 2.05) is 12.2 Å². The van der Waals surface area contributed by atoms with Gasteiger partial charge in [-0.2, -0.15) is 0 Å². The van der Waals surface area contributed by atoms with E-state index in [1.165, 1.54) is 122 Å². The van der Waals surface area contributed by atoms with Gasteiger partial charge in [-0.1, -0.05) is 166 Å². The maximum atomic E-state index is 12.2. The van der Waals surface area contributed by atoms with Crippen molar-refractivity contribution in [2.75, 3.05) is 6.61 Å². The van der Waals surface area contributed by atoms with Crippen LogP contribution in [-0.2, 0) is 4.79 Å². The van der Waals surface area contributed by atoms with Crippen LogP contribution >= 0.6 is 0 Å². The Labute approximate surface area is 255 Å². The van der Waals surface area contributed by atoms with Crippen molar-refractivity contribution in [2.24, 2.45) is 0 Å². The highest BCUT2D eigenvalue weighted by Gasteiger charge is 2.17. The molecule has 0 aliphatic heterocycles. The van der Waals surface area contributed by atoms with Gasteiger partial charge in [0.25, 0.3) is 0 Å². The minimum Gasteiger partial charge on any atom is -0.394 e. The van der Waals surface area contributed by atoms with E-state index in [0.717, 1.165) is 25.7 Å². The minimum atomic E-state index is -0.858. The van der Waals surface area contributed by atoms with E-state index in [4.69, 9.17) is 0 Å². The monoisotopic (exact) mass is 576 g/mol. The van der Waals surface area contributed by atoms with Gasteiger partial charge < -0.3 is 15.5 Å². The van der Waals surface area contributed by atoms with Crippen LogP contribution in [0.15, 0.2) is 36.5 Å². The summed E-state index contributed by atoms with van der Waals surface area (Å²) >= 11 is 0. The van der Waals surface area contributed by atoms with Crippen LogP contribution in [0.5, 0.6) is 0 Å². The van der Waals surface area contributed by atoms with Gasteiger partial charge in [-0.25, -0.2) is 0 Å². The van der Waals surface area contributed by atoms with Crippen molar-refractivity contribution in [1.82, 2.24) is 5.32 Å². The third-order valence-corrected chi connectivity index (χ3v) is 7.88. The van der Waals surface area contributed by atoms with Gasteiger partial charge >= 0.3 is 0 Å². The molecule has 0 aliphatic rings. The fourth-order valence-electron chi connectivity index (χ4n) is 5.11. The van der Waals surface area contributed by atoms with Crippen LogP contribution in [0.3, 0.4) is 0 Å². The lowest BCUT2D eigenvalue weighted by molar-refractivity contribution is -0.122. The Bertz CT molecular complexity index is 628. The van der Waals surface area contributed by atoms with Crippen molar-refractivity contribution >= 4 is 5.91 Å². The first-order valence-electron chi connectivity index (χ1n) is 17.7. The van der Waals surface area contributed by atoms with E-state index in [-0.39, 0.29) is 12.5 Å². The number of allylic oxidation sites excluding steroid dienone is 5. The molecule has 0 rings (SSSR count). The highest BCUT2D eigenvalue weighted by molar-refractivity contribution is 5.76. The molecule has 0 aliphatic carbocycles. The fraction of sp³-hybridized carbons (Fsp3) is 0.811. The third kappa shape index (κ3) is 29.9. The predicted octanol–water partition coefficient (Wildman–Crippen LogP) is 10.3. The van der Waals surface area contributed by atoms with Crippen LogP contribution in [0.25, 0.3) is 0 Å². The molecule has 240 valence electrons. The lowest BCUT2D eigenvalue weighted by atomic mass is 10.0. The zero-order valence-electron chi connectivity index (χ0n) is 27.3. The molecular weight excluding hydrogens is 506 g/mol. The molecule has 0 aromatic rings. The lowest BCUT2D eigenvalue weighted by Crippen LogP contribution is -2.45. The number of unbranched alkanes of at least 4 members (excludes halogenated alkanes) is 20. The number of amides is 1. The number of hydrogen-bond acceptors (Lipinski definition) is 3. The van der Waals surface area contributed by atoms with Crippen LogP contribution in [0.1, 0.15) is 174 Å². The van der Waals surface area contributed by atoms with Crippen molar-refractivity contribution < 1.29 is 15.0 Å². The zero-order valence-corrected chi connectivity index (χ0v) is 27.3. The molecule has 0 aromatic carbocycles. The average molecular weight is 576 g/mol. The second-order valence-corrected chi connectivity index (χ2v) is 11.9. The summed E-state index contributed by atoms with van der Waals surface area (Å²) in [5.41, 5.74) is 0. The molecule has 0 spiro atoms. The molecule has 0 aromatic heterocycles. The summed E-state index contributed by atoms with van der Waals surface area (Å²) in [6, 6.07) is -0.649. The fourth-order valence-corrected chi connectivity index (χ4v) is 5.11. The Morgan fingerprint density at radius 2 is 1.00 bits per heavy atom. The molecule has 0 radical (unpaired) electrons. The average Bonchev–Trinajstić information content (AvgIpc) is 2.97. The van der Waals surface area contributed by atoms with Gasteiger partial charge in [-0.3, -0.25) is 4.79 Å². The Balaban J connectivity index is 3.72. The second-order valence-electron chi connectivity index (χ2n) is 11.9. The van der Waals surface area contributed by atoms with Gasteiger partial charge in [0.15, 0.2) is 0 Å². The van der Waals surface area contributed by atoms with Gasteiger partial charge in [0.2, 0.25) is 5.91 Å². The molecule has 4 nitrogen and oxygen atoms in total. The quantitative estimate of drug-likeness (QED) is 0.0569. The summed E-state index contributed by atoms with van der Waals surface area (Å²) < 4.78 is 0. The summed E-state index contributed by atoms with van der Waals surface area (Å²) in [7, 11) is 0. The SMILES string of the molecule is CCCCCCCC/C=C\C/C=C\CCC(=O)NC(CO)C(O)/C=C/CCCCCCCCCCCCCCCC. The number of rotatable bonds is 31. The van der Waals surface area contributed by atoms with Crippen molar-refractivity contribution in [3.63, 3.8) is 0 Å². The predicted molar refractivity (Wildman–Crippen MR) is 179 cm³/mol. The third-order valence-electron chi connectivity index (χ3n) is 7.88. The molecule has 2 atom stereocenters. The molecule has 1 amide bonds. The topological polar surface area (TPSA) is 69.6 Å². The number of carbonyl (C=O) groups excluding carboxylic acids is 1. The number of carbonyl (C=O) groups is 1. The van der Waals surface area contributed by atoms with E-state index >= 15 is 0 Å². The Kier molecular flexibility index (Phi) is 32.0. The van der Waals surface area contributed by atoms with Gasteiger partial charge in [0, 0.05) is 6.42 Å². The molecule has 0 fully saturated rings. The van der Waals surface area contributed by atoms with Crippen molar-refractivity contribution in [3.8, 4) is 0 Å². The molecule has 0 saturated carbocycles. The number of aliphatic hydroxyl groups is 2. The minimum absolute atomic E-state index is 0.133. The molecule has 0 saturated heterocycles. The van der Waals surface area contributed by atoms with Crippen molar-refractivity contribution in [1.29, 1.82) is 0 Å². The normalized spacial score (nSPS) is 13.6. The largest absolute Gasteiger partial charge is 0.394 e. The van der Waals surface area contributed by atoms with Crippen LogP contribution < -0.4 is 5.32 Å².